The van der Waals surface area contributed by atoms with E-state index in [0.29, 0.717) is 0 Å². The maximum absolute atomic E-state index is 12.0. The molecular weight excluding hydrogens is 264 g/mol. The Morgan fingerprint density at radius 1 is 1.19 bits per heavy atom. The van der Waals surface area contributed by atoms with Gasteiger partial charge in [-0.2, -0.15) is 0 Å². The van der Waals surface area contributed by atoms with Crippen molar-refractivity contribution < 1.29 is 14.3 Å². The highest BCUT2D eigenvalue weighted by Gasteiger charge is 2.33. The summed E-state index contributed by atoms with van der Waals surface area (Å²) in [5.74, 6) is 0.566. The quantitative estimate of drug-likeness (QED) is 0.596. The summed E-state index contributed by atoms with van der Waals surface area (Å²) >= 11 is 0. The molecule has 0 spiro atoms. The summed E-state index contributed by atoms with van der Waals surface area (Å²) in [6, 6.07) is 7.58. The number of carbonyl (C=O) groups excluding carboxylic acids is 1. The highest BCUT2D eigenvalue weighted by Crippen LogP contribution is 2.34. The Kier molecular flexibility index (Phi) is 5.43. The molecule has 1 saturated carbocycles. The number of methoxy groups -OCH3 is 1. The third-order valence-corrected chi connectivity index (χ3v) is 4.25. The van der Waals surface area contributed by atoms with E-state index in [2.05, 4.69) is 6.92 Å². The van der Waals surface area contributed by atoms with E-state index in [1.54, 1.807) is 13.2 Å². The summed E-state index contributed by atoms with van der Waals surface area (Å²) in [4.78, 5) is 12.0. The molecule has 0 aliphatic heterocycles. The smallest absolute Gasteiger partial charge is 0.331 e. The van der Waals surface area contributed by atoms with Gasteiger partial charge in [0.2, 0.25) is 0 Å². The number of benzene rings is 1. The van der Waals surface area contributed by atoms with Crippen LogP contribution >= 0.6 is 0 Å². The molecule has 2 rings (SSSR count). The fourth-order valence-electron chi connectivity index (χ4n) is 2.85. The second-order valence-electron chi connectivity index (χ2n) is 5.62. The highest BCUT2D eigenvalue weighted by atomic mass is 16.6. The Bertz CT molecular complexity index is 482. The largest absolute Gasteiger partial charge is 0.497 e. The van der Waals surface area contributed by atoms with Crippen LogP contribution in [-0.2, 0) is 9.53 Å². The molecule has 0 N–H and O–H groups in total. The van der Waals surface area contributed by atoms with Gasteiger partial charge >= 0.3 is 5.97 Å². The third-order valence-electron chi connectivity index (χ3n) is 4.25. The Balaban J connectivity index is 1.94. The van der Waals surface area contributed by atoms with E-state index in [1.807, 2.05) is 24.3 Å². The number of hydrogen-bond acceptors (Lipinski definition) is 3. The lowest BCUT2D eigenvalue weighted by molar-refractivity contribution is -0.157. The first-order chi connectivity index (χ1) is 10.2. The third kappa shape index (κ3) is 4.35. The van der Waals surface area contributed by atoms with Gasteiger partial charge in [-0.15, -0.1) is 0 Å². The molecule has 1 aliphatic rings. The van der Waals surface area contributed by atoms with Gasteiger partial charge in [-0.25, -0.2) is 4.79 Å². The van der Waals surface area contributed by atoms with Gasteiger partial charge < -0.3 is 9.47 Å². The summed E-state index contributed by atoms with van der Waals surface area (Å²) in [7, 11) is 1.64. The topological polar surface area (TPSA) is 35.5 Å². The average Bonchev–Trinajstić information content (AvgIpc) is 2.54. The summed E-state index contributed by atoms with van der Waals surface area (Å²) in [5, 5.41) is 0. The van der Waals surface area contributed by atoms with Crippen LogP contribution in [0.15, 0.2) is 30.3 Å². The lowest BCUT2D eigenvalue weighted by Crippen LogP contribution is -2.36. The van der Waals surface area contributed by atoms with Crippen LogP contribution in [0, 0.1) is 0 Å². The van der Waals surface area contributed by atoms with Gasteiger partial charge in [-0.3, -0.25) is 0 Å². The summed E-state index contributed by atoms with van der Waals surface area (Å²) < 4.78 is 10.9. The predicted molar refractivity (Wildman–Crippen MR) is 84.2 cm³/mol. The van der Waals surface area contributed by atoms with Crippen LogP contribution in [-0.4, -0.2) is 18.7 Å². The fraction of sp³-hybridized carbons (Fsp3) is 0.500. The van der Waals surface area contributed by atoms with Crippen LogP contribution in [0.5, 0.6) is 5.75 Å². The molecule has 0 atom stereocenters. The Morgan fingerprint density at radius 3 is 2.43 bits per heavy atom. The minimum absolute atomic E-state index is 0.237. The summed E-state index contributed by atoms with van der Waals surface area (Å²) in [6.07, 6.45) is 9.75. The van der Waals surface area contributed by atoms with Crippen LogP contribution in [0.1, 0.15) is 51.0 Å². The number of ether oxygens (including phenoxy) is 2. The minimum atomic E-state index is -0.241. The van der Waals surface area contributed by atoms with Crippen molar-refractivity contribution in [1.82, 2.24) is 0 Å². The average molecular weight is 288 g/mol. The van der Waals surface area contributed by atoms with Crippen molar-refractivity contribution in [2.75, 3.05) is 7.11 Å². The highest BCUT2D eigenvalue weighted by molar-refractivity contribution is 5.87. The van der Waals surface area contributed by atoms with E-state index in [-0.39, 0.29) is 11.6 Å². The number of esters is 1. The van der Waals surface area contributed by atoms with Gasteiger partial charge in [0.1, 0.15) is 11.4 Å². The first kappa shape index (κ1) is 15.6. The maximum Gasteiger partial charge on any atom is 0.331 e. The molecule has 1 aliphatic carbocycles. The van der Waals surface area contributed by atoms with E-state index < -0.39 is 0 Å². The first-order valence-corrected chi connectivity index (χ1v) is 7.72. The van der Waals surface area contributed by atoms with Crippen molar-refractivity contribution in [1.29, 1.82) is 0 Å². The molecule has 1 aromatic rings. The second-order valence-corrected chi connectivity index (χ2v) is 5.62. The van der Waals surface area contributed by atoms with Crippen LogP contribution in [0.4, 0.5) is 0 Å². The van der Waals surface area contributed by atoms with Gasteiger partial charge in [0.15, 0.2) is 0 Å². The van der Waals surface area contributed by atoms with E-state index in [1.165, 1.54) is 12.5 Å². The van der Waals surface area contributed by atoms with Gasteiger partial charge in [0.25, 0.3) is 0 Å². The van der Waals surface area contributed by atoms with E-state index >= 15 is 0 Å². The lowest BCUT2D eigenvalue weighted by atomic mass is 9.83. The molecule has 0 amide bonds. The molecule has 114 valence electrons. The summed E-state index contributed by atoms with van der Waals surface area (Å²) in [5.41, 5.74) is 0.724. The van der Waals surface area contributed by atoms with Gasteiger partial charge in [-0.1, -0.05) is 25.5 Å². The van der Waals surface area contributed by atoms with Gasteiger partial charge in [-0.05, 0) is 55.9 Å². The molecule has 0 saturated heterocycles. The number of rotatable bonds is 5. The molecule has 1 fully saturated rings. The lowest BCUT2D eigenvalue weighted by Gasteiger charge is -2.35. The predicted octanol–water partition coefficient (Wildman–Crippen LogP) is 4.36. The Labute approximate surface area is 127 Å². The van der Waals surface area contributed by atoms with Crippen LogP contribution in [0.2, 0.25) is 0 Å². The van der Waals surface area contributed by atoms with Crippen LogP contribution in [0.25, 0.3) is 6.08 Å². The molecule has 0 heterocycles. The van der Waals surface area contributed by atoms with Crippen molar-refractivity contribution in [3.63, 3.8) is 0 Å². The van der Waals surface area contributed by atoms with E-state index in [0.717, 1.165) is 43.4 Å². The van der Waals surface area contributed by atoms with Crippen LogP contribution < -0.4 is 4.74 Å². The standard InChI is InChI=1S/C18H24O3/c1-3-18(13-5-4-6-14-18)21-17(19)12-9-15-7-10-16(20-2)11-8-15/h7-12H,3-6,13-14H2,1-2H3/b12-9+. The normalized spacial score (nSPS) is 17.6. The first-order valence-electron chi connectivity index (χ1n) is 7.72. The van der Waals surface area contributed by atoms with Crippen molar-refractivity contribution in [2.24, 2.45) is 0 Å². The Morgan fingerprint density at radius 2 is 1.86 bits per heavy atom. The molecular formula is C18H24O3. The second kappa shape index (κ2) is 7.30. The fourth-order valence-corrected chi connectivity index (χ4v) is 2.85. The van der Waals surface area contributed by atoms with Crippen molar-refractivity contribution in [3.8, 4) is 5.75 Å². The molecule has 21 heavy (non-hydrogen) atoms. The van der Waals surface area contributed by atoms with Crippen molar-refractivity contribution >= 4 is 12.0 Å². The monoisotopic (exact) mass is 288 g/mol. The minimum Gasteiger partial charge on any atom is -0.497 e. The summed E-state index contributed by atoms with van der Waals surface area (Å²) in [6.45, 7) is 2.10. The molecule has 0 unspecified atom stereocenters. The molecule has 0 aromatic heterocycles. The van der Waals surface area contributed by atoms with Crippen molar-refractivity contribution in [3.05, 3.63) is 35.9 Å². The van der Waals surface area contributed by atoms with Gasteiger partial charge in [0, 0.05) is 6.08 Å². The number of carbonyl (C=O) groups is 1. The zero-order valence-electron chi connectivity index (χ0n) is 12.9. The van der Waals surface area contributed by atoms with Crippen molar-refractivity contribution in [2.45, 2.75) is 51.0 Å². The Hall–Kier alpha value is -1.77. The van der Waals surface area contributed by atoms with E-state index in [4.69, 9.17) is 9.47 Å². The maximum atomic E-state index is 12.0. The molecule has 0 bridgehead atoms. The number of hydrogen-bond donors (Lipinski definition) is 0. The molecule has 1 aromatic carbocycles. The molecule has 0 radical (unpaired) electrons. The molecule has 3 nitrogen and oxygen atoms in total. The van der Waals surface area contributed by atoms with Crippen LogP contribution in [0.3, 0.4) is 0 Å². The van der Waals surface area contributed by atoms with E-state index in [9.17, 15) is 4.79 Å². The SMILES string of the molecule is CCC1(OC(=O)/C=C/c2ccc(OC)cc2)CCCCC1. The zero-order chi connectivity index (χ0) is 15.1. The zero-order valence-corrected chi connectivity index (χ0v) is 12.9. The van der Waals surface area contributed by atoms with Gasteiger partial charge in [0.05, 0.1) is 7.11 Å². The molecule has 3 heteroatoms.